The molecule has 0 aliphatic carbocycles. The Morgan fingerprint density at radius 1 is 1.30 bits per heavy atom. The summed E-state index contributed by atoms with van der Waals surface area (Å²) in [6.45, 7) is 2.87. The van der Waals surface area contributed by atoms with Gasteiger partial charge in [0.25, 0.3) is 5.91 Å². The highest BCUT2D eigenvalue weighted by molar-refractivity contribution is 7.89. The summed E-state index contributed by atoms with van der Waals surface area (Å²) >= 11 is 0. The van der Waals surface area contributed by atoms with Gasteiger partial charge in [-0.15, -0.1) is 0 Å². The molecule has 150 valence electrons. The number of carbonyl (C=O) groups excluding carboxylic acids is 1. The van der Waals surface area contributed by atoms with Crippen LogP contribution in [0.15, 0.2) is 29.4 Å². The largest absolute Gasteiger partial charge is 0.497 e. The van der Waals surface area contributed by atoms with Crippen molar-refractivity contribution in [1.82, 2.24) is 9.62 Å². The number of carbonyl (C=O) groups is 1. The lowest BCUT2D eigenvalue weighted by molar-refractivity contribution is -0.125. The molecule has 1 heterocycles. The van der Waals surface area contributed by atoms with E-state index >= 15 is 0 Å². The van der Waals surface area contributed by atoms with E-state index in [9.17, 15) is 13.2 Å². The highest BCUT2D eigenvalue weighted by atomic mass is 32.2. The maximum Gasteiger partial charge on any atom is 0.261 e. The van der Waals surface area contributed by atoms with Crippen molar-refractivity contribution in [3.63, 3.8) is 0 Å². The second-order valence-electron chi connectivity index (χ2n) is 6.27. The first-order chi connectivity index (χ1) is 12.9. The summed E-state index contributed by atoms with van der Waals surface area (Å²) in [6, 6.07) is 7.44. The molecule has 2 rings (SSSR count). The molecule has 1 aromatic rings. The van der Waals surface area contributed by atoms with E-state index in [1.165, 1.54) is 4.31 Å². The zero-order valence-electron chi connectivity index (χ0n) is 15.8. The Kier molecular flexibility index (Phi) is 8.05. The highest BCUT2D eigenvalue weighted by Gasteiger charge is 2.25. The number of benzene rings is 1. The molecule has 1 N–H and O–H groups in total. The molecule has 0 unspecified atom stereocenters. The van der Waals surface area contributed by atoms with Crippen LogP contribution in [-0.4, -0.2) is 56.9 Å². The summed E-state index contributed by atoms with van der Waals surface area (Å²) in [4.78, 5) is 17.0. The first-order valence-corrected chi connectivity index (χ1v) is 10.6. The van der Waals surface area contributed by atoms with Gasteiger partial charge in [0, 0.05) is 32.5 Å². The minimum absolute atomic E-state index is 0.170. The van der Waals surface area contributed by atoms with Gasteiger partial charge < -0.3 is 14.9 Å². The maximum absolute atomic E-state index is 12.0. The van der Waals surface area contributed by atoms with Crippen LogP contribution in [0.2, 0.25) is 0 Å². The molecule has 1 fully saturated rings. The van der Waals surface area contributed by atoms with Gasteiger partial charge in [0.15, 0.2) is 6.61 Å². The normalized spacial score (nSPS) is 15.3. The Hall–Kier alpha value is -2.13. The van der Waals surface area contributed by atoms with Gasteiger partial charge in [0.1, 0.15) is 5.75 Å². The quantitative estimate of drug-likeness (QED) is 0.637. The van der Waals surface area contributed by atoms with Gasteiger partial charge in [0.2, 0.25) is 10.0 Å². The first kappa shape index (κ1) is 21.2. The molecule has 0 radical (unpaired) electrons. The predicted molar refractivity (Wildman–Crippen MR) is 103 cm³/mol. The van der Waals surface area contributed by atoms with Gasteiger partial charge in [0.05, 0.1) is 18.6 Å². The number of oxime groups is 1. The number of nitrogens with zero attached hydrogens (tertiary/aromatic N) is 2. The lowest BCUT2D eigenvalue weighted by Crippen LogP contribution is -2.39. The molecular weight excluding hydrogens is 370 g/mol. The lowest BCUT2D eigenvalue weighted by atomic mass is 10.1. The summed E-state index contributed by atoms with van der Waals surface area (Å²) in [7, 11) is -1.57. The fourth-order valence-corrected chi connectivity index (χ4v) is 4.23. The average molecular weight is 397 g/mol. The molecular formula is C18H27N3O5S. The molecule has 0 atom stereocenters. The summed E-state index contributed by atoms with van der Waals surface area (Å²) in [5, 5.41) is 6.74. The maximum atomic E-state index is 12.0. The predicted octanol–water partition coefficient (Wildman–Crippen LogP) is 1.52. The van der Waals surface area contributed by atoms with E-state index in [4.69, 9.17) is 9.57 Å². The number of nitrogens with one attached hydrogen (secondary N) is 1. The van der Waals surface area contributed by atoms with Crippen LogP contribution in [0.5, 0.6) is 5.75 Å². The number of sulfonamides is 1. The molecule has 1 aliphatic rings. The number of rotatable bonds is 9. The zero-order chi connectivity index (χ0) is 19.7. The van der Waals surface area contributed by atoms with Crippen LogP contribution < -0.4 is 10.1 Å². The van der Waals surface area contributed by atoms with Crippen LogP contribution in [0.25, 0.3) is 0 Å². The standard InChI is InChI=1S/C18H27N3O5S/c1-3-11-27(23,24)21-9-7-16(8-10-21)20-26-14-18(22)19-13-15-5-4-6-17(12-15)25-2/h4-6,12H,3,7-11,13-14H2,1-2H3,(H,19,22). The third-order valence-corrected chi connectivity index (χ3v) is 6.24. The van der Waals surface area contributed by atoms with E-state index in [1.54, 1.807) is 7.11 Å². The van der Waals surface area contributed by atoms with Gasteiger partial charge >= 0.3 is 0 Å². The van der Waals surface area contributed by atoms with E-state index in [2.05, 4.69) is 10.5 Å². The SMILES string of the molecule is CCCS(=O)(=O)N1CCC(=NOCC(=O)NCc2cccc(OC)c2)CC1. The Balaban J connectivity index is 1.70. The average Bonchev–Trinajstić information content (AvgIpc) is 2.67. The van der Waals surface area contributed by atoms with Gasteiger partial charge in [-0.3, -0.25) is 4.79 Å². The van der Waals surface area contributed by atoms with Crippen LogP contribution >= 0.6 is 0 Å². The van der Waals surface area contributed by atoms with E-state index in [0.29, 0.717) is 38.9 Å². The fraction of sp³-hybridized carbons (Fsp3) is 0.556. The monoisotopic (exact) mass is 397 g/mol. The summed E-state index contributed by atoms with van der Waals surface area (Å²) < 4.78 is 30.7. The number of hydrogen-bond acceptors (Lipinski definition) is 6. The van der Waals surface area contributed by atoms with Crippen LogP contribution in [0.1, 0.15) is 31.7 Å². The molecule has 8 nitrogen and oxygen atoms in total. The molecule has 0 aromatic heterocycles. The number of ether oxygens (including phenoxy) is 1. The van der Waals surface area contributed by atoms with Crippen LogP contribution in [0.3, 0.4) is 0 Å². The van der Waals surface area contributed by atoms with E-state index in [-0.39, 0.29) is 18.3 Å². The lowest BCUT2D eigenvalue weighted by Gasteiger charge is -2.26. The Morgan fingerprint density at radius 2 is 2.04 bits per heavy atom. The highest BCUT2D eigenvalue weighted by Crippen LogP contribution is 2.14. The van der Waals surface area contributed by atoms with E-state index in [0.717, 1.165) is 17.0 Å². The summed E-state index contributed by atoms with van der Waals surface area (Å²) in [6.07, 6.45) is 1.65. The smallest absolute Gasteiger partial charge is 0.261 e. The van der Waals surface area contributed by atoms with Crippen LogP contribution in [-0.2, 0) is 26.2 Å². The summed E-state index contributed by atoms with van der Waals surface area (Å²) in [5.41, 5.74) is 1.70. The molecule has 1 aromatic carbocycles. The number of piperidine rings is 1. The van der Waals surface area contributed by atoms with Crippen molar-refractivity contribution in [2.75, 3.05) is 32.6 Å². The van der Waals surface area contributed by atoms with Crippen LogP contribution in [0.4, 0.5) is 0 Å². The van der Waals surface area contributed by atoms with Gasteiger partial charge in [-0.05, 0) is 24.1 Å². The number of methoxy groups -OCH3 is 1. The van der Waals surface area contributed by atoms with Gasteiger partial charge in [-0.2, -0.15) is 0 Å². The van der Waals surface area contributed by atoms with Crippen molar-refractivity contribution in [1.29, 1.82) is 0 Å². The minimum Gasteiger partial charge on any atom is -0.497 e. The third-order valence-electron chi connectivity index (χ3n) is 4.17. The molecule has 0 spiro atoms. The minimum atomic E-state index is -3.17. The zero-order valence-corrected chi connectivity index (χ0v) is 16.6. The van der Waals surface area contributed by atoms with Crippen molar-refractivity contribution < 1.29 is 22.8 Å². The van der Waals surface area contributed by atoms with E-state index < -0.39 is 10.0 Å². The molecule has 27 heavy (non-hydrogen) atoms. The first-order valence-electron chi connectivity index (χ1n) is 8.99. The number of amides is 1. The Bertz CT molecular complexity index is 754. The van der Waals surface area contributed by atoms with Gasteiger partial charge in [-0.1, -0.05) is 24.2 Å². The van der Waals surface area contributed by atoms with Crippen molar-refractivity contribution >= 4 is 21.6 Å². The molecule has 0 saturated carbocycles. The number of hydrogen-bond donors (Lipinski definition) is 1. The Morgan fingerprint density at radius 3 is 2.70 bits per heavy atom. The van der Waals surface area contributed by atoms with Crippen molar-refractivity contribution in [2.45, 2.75) is 32.7 Å². The third kappa shape index (κ3) is 6.84. The van der Waals surface area contributed by atoms with Crippen LogP contribution in [0, 0.1) is 0 Å². The van der Waals surface area contributed by atoms with E-state index in [1.807, 2.05) is 31.2 Å². The second-order valence-corrected chi connectivity index (χ2v) is 8.36. The molecule has 1 saturated heterocycles. The fourth-order valence-electron chi connectivity index (χ4n) is 2.72. The van der Waals surface area contributed by atoms with Crippen molar-refractivity contribution in [3.05, 3.63) is 29.8 Å². The molecule has 9 heteroatoms. The Labute approximate surface area is 160 Å². The molecule has 1 aliphatic heterocycles. The van der Waals surface area contributed by atoms with Crippen molar-refractivity contribution in [3.8, 4) is 5.75 Å². The van der Waals surface area contributed by atoms with Crippen molar-refractivity contribution in [2.24, 2.45) is 5.16 Å². The summed E-state index contributed by atoms with van der Waals surface area (Å²) in [5.74, 6) is 0.630. The molecule has 1 amide bonds. The molecule has 0 bridgehead atoms. The second kappa shape index (κ2) is 10.3. The van der Waals surface area contributed by atoms with Gasteiger partial charge in [-0.25, -0.2) is 12.7 Å². The topological polar surface area (TPSA) is 97.3 Å².